The maximum atomic E-state index is 12.5. The molecule has 7 nitrogen and oxygen atoms in total. The fourth-order valence-electron chi connectivity index (χ4n) is 2.46. The summed E-state index contributed by atoms with van der Waals surface area (Å²) in [6.07, 6.45) is 0.0266. The van der Waals surface area contributed by atoms with Gasteiger partial charge in [-0.25, -0.2) is 4.79 Å². The number of methoxy groups -OCH3 is 4. The first-order chi connectivity index (χ1) is 12.5. The number of benzene rings is 2. The predicted molar refractivity (Wildman–Crippen MR) is 96.2 cm³/mol. The standard InChI is InChI=1S/C19H21NO6/c1-23-14-9-16(24-2)15(17(10-14)25-3)11-18(21)20-13-7-5-6-12(8-13)19(22)26-4/h5-10H,11H2,1-4H3,(H,20,21). The number of anilines is 1. The van der Waals surface area contributed by atoms with Gasteiger partial charge in [0.05, 0.1) is 40.4 Å². The molecule has 0 aliphatic carbocycles. The van der Waals surface area contributed by atoms with Crippen LogP contribution in [0.15, 0.2) is 36.4 Å². The number of ether oxygens (including phenoxy) is 4. The summed E-state index contributed by atoms with van der Waals surface area (Å²) in [5.41, 5.74) is 1.44. The number of rotatable bonds is 7. The number of hydrogen-bond donors (Lipinski definition) is 1. The van der Waals surface area contributed by atoms with Crippen LogP contribution in [0, 0.1) is 0 Å². The van der Waals surface area contributed by atoms with Gasteiger partial charge in [0.25, 0.3) is 0 Å². The average molecular weight is 359 g/mol. The van der Waals surface area contributed by atoms with E-state index in [2.05, 4.69) is 10.1 Å². The van der Waals surface area contributed by atoms with Crippen molar-refractivity contribution in [1.29, 1.82) is 0 Å². The summed E-state index contributed by atoms with van der Waals surface area (Å²) in [4.78, 5) is 24.0. The Bertz CT molecular complexity index is 777. The Morgan fingerprint density at radius 3 is 2.12 bits per heavy atom. The van der Waals surface area contributed by atoms with E-state index in [1.54, 1.807) is 36.4 Å². The Hall–Kier alpha value is -3.22. The summed E-state index contributed by atoms with van der Waals surface area (Å²) < 4.78 is 20.6. The largest absolute Gasteiger partial charge is 0.496 e. The molecule has 0 aliphatic rings. The predicted octanol–water partition coefficient (Wildman–Crippen LogP) is 2.68. The first-order valence-electron chi connectivity index (χ1n) is 7.79. The molecule has 0 saturated heterocycles. The minimum Gasteiger partial charge on any atom is -0.496 e. The van der Waals surface area contributed by atoms with Crippen molar-refractivity contribution in [3.63, 3.8) is 0 Å². The Labute approximate surface area is 151 Å². The van der Waals surface area contributed by atoms with Gasteiger partial charge in [-0.3, -0.25) is 4.79 Å². The first kappa shape index (κ1) is 19.1. The molecule has 0 saturated carbocycles. The molecule has 0 spiro atoms. The van der Waals surface area contributed by atoms with E-state index < -0.39 is 5.97 Å². The van der Waals surface area contributed by atoms with Gasteiger partial charge >= 0.3 is 5.97 Å². The fraction of sp³-hybridized carbons (Fsp3) is 0.263. The van der Waals surface area contributed by atoms with E-state index in [1.165, 1.54) is 28.4 Å². The molecule has 0 unspecified atom stereocenters. The first-order valence-corrected chi connectivity index (χ1v) is 7.79. The second-order valence-corrected chi connectivity index (χ2v) is 5.31. The zero-order valence-electron chi connectivity index (χ0n) is 15.1. The molecule has 0 fully saturated rings. The minimum absolute atomic E-state index is 0.0266. The van der Waals surface area contributed by atoms with Crippen LogP contribution in [0.3, 0.4) is 0 Å². The molecule has 0 atom stereocenters. The van der Waals surface area contributed by atoms with Gasteiger partial charge in [-0.1, -0.05) is 6.07 Å². The van der Waals surface area contributed by atoms with Crippen LogP contribution in [-0.4, -0.2) is 40.3 Å². The van der Waals surface area contributed by atoms with Gasteiger partial charge in [0, 0.05) is 23.4 Å². The smallest absolute Gasteiger partial charge is 0.337 e. The molecule has 0 heterocycles. The number of carbonyl (C=O) groups is 2. The van der Waals surface area contributed by atoms with E-state index >= 15 is 0 Å². The van der Waals surface area contributed by atoms with Crippen LogP contribution in [-0.2, 0) is 16.0 Å². The number of nitrogens with one attached hydrogen (secondary N) is 1. The van der Waals surface area contributed by atoms with Crippen LogP contribution >= 0.6 is 0 Å². The van der Waals surface area contributed by atoms with Crippen LogP contribution in [0.4, 0.5) is 5.69 Å². The second-order valence-electron chi connectivity index (χ2n) is 5.31. The Kier molecular flexibility index (Phi) is 6.43. The highest BCUT2D eigenvalue weighted by atomic mass is 16.5. The minimum atomic E-state index is -0.473. The van der Waals surface area contributed by atoms with Crippen molar-refractivity contribution >= 4 is 17.6 Å². The van der Waals surface area contributed by atoms with Crippen LogP contribution < -0.4 is 19.5 Å². The molecule has 7 heteroatoms. The number of hydrogen-bond acceptors (Lipinski definition) is 6. The Morgan fingerprint density at radius 1 is 0.923 bits per heavy atom. The van der Waals surface area contributed by atoms with Crippen LogP contribution in [0.2, 0.25) is 0 Å². The summed E-state index contributed by atoms with van der Waals surface area (Å²) >= 11 is 0. The van der Waals surface area contributed by atoms with E-state index in [9.17, 15) is 9.59 Å². The normalized spacial score (nSPS) is 10.0. The highest BCUT2D eigenvalue weighted by Crippen LogP contribution is 2.34. The summed E-state index contributed by atoms with van der Waals surface area (Å²) in [6.45, 7) is 0. The van der Waals surface area contributed by atoms with E-state index in [1.807, 2.05) is 0 Å². The summed E-state index contributed by atoms with van der Waals surface area (Å²) in [7, 11) is 5.86. The lowest BCUT2D eigenvalue weighted by Gasteiger charge is -2.15. The van der Waals surface area contributed by atoms with E-state index in [0.717, 1.165) is 0 Å². The van der Waals surface area contributed by atoms with E-state index in [0.29, 0.717) is 34.1 Å². The third-order valence-electron chi connectivity index (χ3n) is 3.72. The number of carbonyl (C=O) groups excluding carboxylic acids is 2. The maximum absolute atomic E-state index is 12.5. The molecule has 0 aliphatic heterocycles. The van der Waals surface area contributed by atoms with Gasteiger partial charge in [0.1, 0.15) is 17.2 Å². The van der Waals surface area contributed by atoms with Crippen LogP contribution in [0.25, 0.3) is 0 Å². The van der Waals surface area contributed by atoms with Gasteiger partial charge < -0.3 is 24.3 Å². The van der Waals surface area contributed by atoms with Gasteiger partial charge in [0.15, 0.2) is 0 Å². The van der Waals surface area contributed by atoms with Crippen LogP contribution in [0.5, 0.6) is 17.2 Å². The lowest BCUT2D eigenvalue weighted by Crippen LogP contribution is -2.16. The molecule has 0 radical (unpaired) electrons. The SMILES string of the molecule is COC(=O)c1cccc(NC(=O)Cc2c(OC)cc(OC)cc2OC)c1. The van der Waals surface area contributed by atoms with Gasteiger partial charge in [-0.15, -0.1) is 0 Å². The zero-order chi connectivity index (χ0) is 19.1. The molecule has 26 heavy (non-hydrogen) atoms. The molecule has 1 amide bonds. The highest BCUT2D eigenvalue weighted by molar-refractivity contribution is 5.95. The van der Waals surface area contributed by atoms with Crippen molar-refractivity contribution in [2.45, 2.75) is 6.42 Å². The van der Waals surface area contributed by atoms with E-state index in [4.69, 9.17) is 14.2 Å². The third-order valence-corrected chi connectivity index (χ3v) is 3.72. The molecule has 138 valence electrons. The second kappa shape index (κ2) is 8.75. The van der Waals surface area contributed by atoms with Crippen LogP contribution in [0.1, 0.15) is 15.9 Å². The topological polar surface area (TPSA) is 83.1 Å². The molecule has 2 aromatic carbocycles. The number of amides is 1. The van der Waals surface area contributed by atoms with Gasteiger partial charge in [0.2, 0.25) is 5.91 Å². The van der Waals surface area contributed by atoms with Crippen molar-refractivity contribution in [2.75, 3.05) is 33.8 Å². The van der Waals surface area contributed by atoms with Crippen molar-refractivity contribution in [2.24, 2.45) is 0 Å². The quantitative estimate of drug-likeness (QED) is 0.766. The molecule has 2 aromatic rings. The Morgan fingerprint density at radius 2 is 1.58 bits per heavy atom. The molecule has 1 N–H and O–H groups in total. The van der Waals surface area contributed by atoms with E-state index in [-0.39, 0.29) is 12.3 Å². The van der Waals surface area contributed by atoms with Crippen molar-refractivity contribution in [3.05, 3.63) is 47.5 Å². The molecule has 2 rings (SSSR count). The summed E-state index contributed by atoms with van der Waals surface area (Å²) in [5.74, 6) is 0.779. The van der Waals surface area contributed by atoms with Gasteiger partial charge in [-0.2, -0.15) is 0 Å². The third kappa shape index (κ3) is 4.44. The summed E-state index contributed by atoms with van der Waals surface area (Å²) in [6, 6.07) is 9.87. The fourth-order valence-corrected chi connectivity index (χ4v) is 2.46. The number of esters is 1. The lowest BCUT2D eigenvalue weighted by molar-refractivity contribution is -0.115. The molecular weight excluding hydrogens is 338 g/mol. The molecule has 0 aromatic heterocycles. The highest BCUT2D eigenvalue weighted by Gasteiger charge is 2.17. The average Bonchev–Trinajstić information content (AvgIpc) is 2.67. The van der Waals surface area contributed by atoms with Gasteiger partial charge in [-0.05, 0) is 18.2 Å². The zero-order valence-corrected chi connectivity index (χ0v) is 15.1. The van der Waals surface area contributed by atoms with Crippen molar-refractivity contribution in [3.8, 4) is 17.2 Å². The Balaban J connectivity index is 2.21. The molecular formula is C19H21NO6. The monoisotopic (exact) mass is 359 g/mol. The van der Waals surface area contributed by atoms with Crippen molar-refractivity contribution < 1.29 is 28.5 Å². The maximum Gasteiger partial charge on any atom is 0.337 e. The summed E-state index contributed by atoms with van der Waals surface area (Å²) in [5, 5.41) is 2.75. The molecule has 0 bridgehead atoms. The lowest BCUT2D eigenvalue weighted by atomic mass is 10.1. The van der Waals surface area contributed by atoms with Crippen molar-refractivity contribution in [1.82, 2.24) is 0 Å².